The maximum atomic E-state index is 12.4. The van der Waals surface area contributed by atoms with Crippen molar-refractivity contribution in [1.29, 1.82) is 0 Å². The van der Waals surface area contributed by atoms with Crippen LogP contribution in [-0.2, 0) is 16.3 Å². The van der Waals surface area contributed by atoms with Gasteiger partial charge in [-0.25, -0.2) is 8.42 Å². The molecule has 120 valence electrons. The van der Waals surface area contributed by atoms with Crippen LogP contribution in [0.15, 0.2) is 23.1 Å². The zero-order chi connectivity index (χ0) is 15.6. The first kappa shape index (κ1) is 15.5. The number of rotatable bonds is 2. The molecule has 5 heteroatoms. The molecule has 1 amide bonds. The number of hydrogen-bond acceptors (Lipinski definition) is 3. The zero-order valence-electron chi connectivity index (χ0n) is 12.8. The molecule has 22 heavy (non-hydrogen) atoms. The molecule has 3 rings (SSSR count). The van der Waals surface area contributed by atoms with E-state index in [1.54, 1.807) is 18.2 Å². The largest absolute Gasteiger partial charge is 0.349 e. The van der Waals surface area contributed by atoms with Crippen molar-refractivity contribution in [3.8, 4) is 0 Å². The first-order valence-electron chi connectivity index (χ1n) is 8.23. The van der Waals surface area contributed by atoms with Crippen LogP contribution in [0.25, 0.3) is 0 Å². The van der Waals surface area contributed by atoms with Gasteiger partial charge in [0.15, 0.2) is 9.84 Å². The lowest BCUT2D eigenvalue weighted by molar-refractivity contribution is 0.0933. The Bertz CT molecular complexity index is 658. The fraction of sp³-hybridized carbons (Fsp3) is 0.588. The van der Waals surface area contributed by atoms with Crippen molar-refractivity contribution in [2.45, 2.75) is 62.3 Å². The second-order valence-corrected chi connectivity index (χ2v) is 8.48. The molecular weight excluding hydrogens is 298 g/mol. The van der Waals surface area contributed by atoms with Crippen LogP contribution in [0.1, 0.15) is 60.9 Å². The maximum absolute atomic E-state index is 12.4. The molecule has 0 spiro atoms. The molecule has 1 aliphatic carbocycles. The Morgan fingerprint density at radius 2 is 1.77 bits per heavy atom. The quantitative estimate of drug-likeness (QED) is 0.852. The van der Waals surface area contributed by atoms with Crippen LogP contribution >= 0.6 is 0 Å². The van der Waals surface area contributed by atoms with Crippen molar-refractivity contribution in [2.24, 2.45) is 0 Å². The molecule has 0 radical (unpaired) electrons. The van der Waals surface area contributed by atoms with E-state index in [0.717, 1.165) is 24.8 Å². The Labute approximate surface area is 132 Å². The first-order valence-corrected chi connectivity index (χ1v) is 9.88. The van der Waals surface area contributed by atoms with Crippen molar-refractivity contribution in [1.82, 2.24) is 5.32 Å². The van der Waals surface area contributed by atoms with Crippen LogP contribution in [0.3, 0.4) is 0 Å². The molecule has 1 N–H and O–H groups in total. The Balaban J connectivity index is 1.76. The predicted molar refractivity (Wildman–Crippen MR) is 85.8 cm³/mol. The molecule has 2 aliphatic rings. The van der Waals surface area contributed by atoms with Gasteiger partial charge in [0.2, 0.25) is 0 Å². The van der Waals surface area contributed by atoms with E-state index in [1.165, 1.54) is 25.7 Å². The Kier molecular flexibility index (Phi) is 4.52. The van der Waals surface area contributed by atoms with Gasteiger partial charge in [-0.1, -0.05) is 25.7 Å². The van der Waals surface area contributed by atoms with Gasteiger partial charge < -0.3 is 5.32 Å². The van der Waals surface area contributed by atoms with Gasteiger partial charge in [-0.3, -0.25) is 4.79 Å². The molecule has 0 aromatic heterocycles. The molecule has 1 aromatic rings. The molecule has 1 saturated carbocycles. The molecule has 4 nitrogen and oxygen atoms in total. The maximum Gasteiger partial charge on any atom is 0.251 e. The van der Waals surface area contributed by atoms with E-state index in [1.807, 2.05) is 0 Å². The second kappa shape index (κ2) is 6.41. The van der Waals surface area contributed by atoms with Crippen molar-refractivity contribution in [3.05, 3.63) is 29.3 Å². The SMILES string of the molecule is O=C(NC1CCCCCC1)c1ccc2c(c1)CCCS2(=O)=O. The van der Waals surface area contributed by atoms with E-state index >= 15 is 0 Å². The van der Waals surface area contributed by atoms with Crippen LogP contribution < -0.4 is 5.32 Å². The molecule has 1 aliphatic heterocycles. The molecule has 0 bridgehead atoms. The Hall–Kier alpha value is -1.36. The third-order valence-electron chi connectivity index (χ3n) is 4.71. The average molecular weight is 321 g/mol. The zero-order valence-corrected chi connectivity index (χ0v) is 13.6. The molecule has 0 saturated heterocycles. The van der Waals surface area contributed by atoms with Gasteiger partial charge in [-0.05, 0) is 49.4 Å². The number of sulfone groups is 1. The Morgan fingerprint density at radius 3 is 2.50 bits per heavy atom. The van der Waals surface area contributed by atoms with E-state index in [-0.39, 0.29) is 17.7 Å². The minimum atomic E-state index is -3.15. The van der Waals surface area contributed by atoms with Crippen molar-refractivity contribution < 1.29 is 13.2 Å². The number of amides is 1. The van der Waals surface area contributed by atoms with Crippen LogP contribution in [0.2, 0.25) is 0 Å². The van der Waals surface area contributed by atoms with E-state index in [0.29, 0.717) is 16.9 Å². The molecule has 0 atom stereocenters. The summed E-state index contributed by atoms with van der Waals surface area (Å²) in [6, 6.07) is 5.27. The predicted octanol–water partition coefficient (Wildman–Crippen LogP) is 2.86. The van der Waals surface area contributed by atoms with Gasteiger partial charge in [0.1, 0.15) is 0 Å². The van der Waals surface area contributed by atoms with Gasteiger partial charge >= 0.3 is 0 Å². The number of nitrogens with one attached hydrogen (secondary N) is 1. The normalized spacial score (nSPS) is 21.6. The summed E-state index contributed by atoms with van der Waals surface area (Å²) in [5.41, 5.74) is 1.37. The fourth-order valence-electron chi connectivity index (χ4n) is 3.47. The number of carbonyl (C=O) groups is 1. The number of hydrogen-bond donors (Lipinski definition) is 1. The van der Waals surface area contributed by atoms with Crippen LogP contribution in [-0.4, -0.2) is 26.1 Å². The topological polar surface area (TPSA) is 63.2 Å². The van der Waals surface area contributed by atoms with E-state index in [4.69, 9.17) is 0 Å². The summed E-state index contributed by atoms with van der Waals surface area (Å²) in [5, 5.41) is 3.11. The van der Waals surface area contributed by atoms with Crippen LogP contribution in [0, 0.1) is 0 Å². The molecule has 1 heterocycles. The molecule has 0 unspecified atom stereocenters. The first-order chi connectivity index (χ1) is 10.6. The van der Waals surface area contributed by atoms with Crippen molar-refractivity contribution >= 4 is 15.7 Å². The number of aryl methyl sites for hydroxylation is 1. The van der Waals surface area contributed by atoms with Gasteiger partial charge in [-0.15, -0.1) is 0 Å². The van der Waals surface area contributed by atoms with Gasteiger partial charge in [0.25, 0.3) is 5.91 Å². The minimum Gasteiger partial charge on any atom is -0.349 e. The number of carbonyl (C=O) groups excluding carboxylic acids is 1. The summed E-state index contributed by atoms with van der Waals surface area (Å²) < 4.78 is 24.0. The summed E-state index contributed by atoms with van der Waals surface area (Å²) in [6.07, 6.45) is 8.32. The second-order valence-electron chi connectivity index (χ2n) is 6.41. The van der Waals surface area contributed by atoms with E-state index in [2.05, 4.69) is 5.32 Å². The van der Waals surface area contributed by atoms with Crippen molar-refractivity contribution in [3.63, 3.8) is 0 Å². The standard InChI is InChI=1S/C17H23NO3S/c19-17(18-15-7-3-1-2-4-8-15)14-9-10-16-13(12-14)6-5-11-22(16,20)21/h9-10,12,15H,1-8,11H2,(H,18,19). The highest BCUT2D eigenvalue weighted by Crippen LogP contribution is 2.26. The van der Waals surface area contributed by atoms with Crippen molar-refractivity contribution in [2.75, 3.05) is 5.75 Å². The monoisotopic (exact) mass is 321 g/mol. The smallest absolute Gasteiger partial charge is 0.251 e. The summed E-state index contributed by atoms with van der Waals surface area (Å²) in [5.74, 6) is 0.144. The average Bonchev–Trinajstić information content (AvgIpc) is 2.75. The summed E-state index contributed by atoms with van der Waals surface area (Å²) in [6.45, 7) is 0. The van der Waals surface area contributed by atoms with Gasteiger partial charge in [-0.2, -0.15) is 0 Å². The van der Waals surface area contributed by atoms with Gasteiger partial charge in [0.05, 0.1) is 10.6 Å². The lowest BCUT2D eigenvalue weighted by Gasteiger charge is -2.19. The molecule has 1 aromatic carbocycles. The highest BCUT2D eigenvalue weighted by atomic mass is 32.2. The third kappa shape index (κ3) is 3.35. The highest BCUT2D eigenvalue weighted by molar-refractivity contribution is 7.91. The fourth-order valence-corrected chi connectivity index (χ4v) is 5.05. The van der Waals surface area contributed by atoms with Gasteiger partial charge in [0, 0.05) is 11.6 Å². The van der Waals surface area contributed by atoms with Crippen LogP contribution in [0.4, 0.5) is 0 Å². The summed E-state index contributed by atoms with van der Waals surface area (Å²) in [4.78, 5) is 12.8. The summed E-state index contributed by atoms with van der Waals surface area (Å²) >= 11 is 0. The minimum absolute atomic E-state index is 0.0716. The highest BCUT2D eigenvalue weighted by Gasteiger charge is 2.24. The molecular formula is C17H23NO3S. The lowest BCUT2D eigenvalue weighted by Crippen LogP contribution is -2.34. The Morgan fingerprint density at radius 1 is 1.05 bits per heavy atom. The van der Waals surface area contributed by atoms with E-state index in [9.17, 15) is 13.2 Å². The number of fused-ring (bicyclic) bond motifs is 1. The summed E-state index contributed by atoms with van der Waals surface area (Å²) in [7, 11) is -3.15. The molecule has 1 fully saturated rings. The number of benzene rings is 1. The van der Waals surface area contributed by atoms with Crippen LogP contribution in [0.5, 0.6) is 0 Å². The third-order valence-corrected chi connectivity index (χ3v) is 6.60. The lowest BCUT2D eigenvalue weighted by atomic mass is 10.0. The van der Waals surface area contributed by atoms with E-state index < -0.39 is 9.84 Å².